The molecule has 0 saturated heterocycles. The molecule has 194 valence electrons. The van der Waals surface area contributed by atoms with Crippen LogP contribution in [-0.4, -0.2) is 46.1 Å². The summed E-state index contributed by atoms with van der Waals surface area (Å²) in [5.41, 5.74) is 4.69. The molecule has 0 unspecified atom stereocenters. The van der Waals surface area contributed by atoms with Gasteiger partial charge in [-0.2, -0.15) is 10.2 Å². The number of rotatable bonds is 7. The van der Waals surface area contributed by atoms with Crippen LogP contribution in [0.1, 0.15) is 54.4 Å². The Balaban J connectivity index is 1.28. The number of anilines is 1. The number of amides is 1. The lowest BCUT2D eigenvalue weighted by molar-refractivity contribution is 0.0571. The predicted octanol–water partition coefficient (Wildman–Crippen LogP) is 5.11. The Morgan fingerprint density at radius 2 is 2.03 bits per heavy atom. The van der Waals surface area contributed by atoms with Crippen LogP contribution in [0.15, 0.2) is 53.6 Å². The van der Waals surface area contributed by atoms with Gasteiger partial charge < -0.3 is 14.9 Å². The average Bonchev–Trinajstić information content (AvgIpc) is 3.28. The number of aliphatic hydroxyl groups is 1. The van der Waals surface area contributed by atoms with Crippen molar-refractivity contribution in [3.8, 4) is 22.6 Å². The third-order valence-corrected chi connectivity index (χ3v) is 6.90. The van der Waals surface area contributed by atoms with E-state index in [1.807, 2.05) is 25.1 Å². The first-order valence-electron chi connectivity index (χ1n) is 12.3. The SMILES string of the molecule is Cc1c(-c2ccn3ncc(C(=O)Nc4cc(-c5cc(C6CC6)no5)ncc4Cl)c3c2)cnn1CC(C)(C)O. The molecule has 0 bridgehead atoms. The second-order valence-corrected chi connectivity index (χ2v) is 10.7. The minimum absolute atomic E-state index is 0.302. The van der Waals surface area contributed by atoms with Crippen molar-refractivity contribution in [3.05, 3.63) is 71.0 Å². The lowest BCUT2D eigenvalue weighted by Crippen LogP contribution is -2.27. The molecule has 0 atom stereocenters. The molecule has 0 aromatic carbocycles. The first-order chi connectivity index (χ1) is 18.2. The Morgan fingerprint density at radius 3 is 2.79 bits per heavy atom. The summed E-state index contributed by atoms with van der Waals surface area (Å²) in [6.45, 7) is 5.80. The van der Waals surface area contributed by atoms with Crippen LogP contribution in [0.4, 0.5) is 5.69 Å². The number of halogens is 1. The van der Waals surface area contributed by atoms with E-state index < -0.39 is 5.60 Å². The summed E-state index contributed by atoms with van der Waals surface area (Å²) in [5, 5.41) is 26.3. The fraction of sp³-hybridized carbons (Fsp3) is 0.296. The van der Waals surface area contributed by atoms with Gasteiger partial charge in [-0.1, -0.05) is 16.8 Å². The van der Waals surface area contributed by atoms with Crippen LogP contribution in [0, 0.1) is 6.92 Å². The first kappa shape index (κ1) is 24.3. The van der Waals surface area contributed by atoms with Gasteiger partial charge in [-0.15, -0.1) is 0 Å². The summed E-state index contributed by atoms with van der Waals surface area (Å²) in [5.74, 6) is 0.626. The molecule has 6 rings (SSSR count). The van der Waals surface area contributed by atoms with Crippen molar-refractivity contribution >= 4 is 28.7 Å². The maximum atomic E-state index is 13.3. The summed E-state index contributed by atoms with van der Waals surface area (Å²) in [6.07, 6.45) is 8.80. The van der Waals surface area contributed by atoms with E-state index in [2.05, 4.69) is 25.7 Å². The van der Waals surface area contributed by atoms with Gasteiger partial charge in [0.05, 0.1) is 52.0 Å². The summed E-state index contributed by atoms with van der Waals surface area (Å²) >= 11 is 6.37. The van der Waals surface area contributed by atoms with Crippen molar-refractivity contribution in [1.29, 1.82) is 0 Å². The molecule has 0 aliphatic heterocycles. The Labute approximate surface area is 223 Å². The Bertz CT molecular complexity index is 1670. The molecule has 5 aromatic heterocycles. The van der Waals surface area contributed by atoms with Crippen LogP contribution in [0.3, 0.4) is 0 Å². The highest BCUT2D eigenvalue weighted by atomic mass is 35.5. The number of nitrogens with zero attached hydrogens (tertiary/aromatic N) is 6. The minimum Gasteiger partial charge on any atom is -0.389 e. The maximum absolute atomic E-state index is 13.3. The molecule has 0 radical (unpaired) electrons. The number of pyridine rings is 2. The van der Waals surface area contributed by atoms with Gasteiger partial charge in [0.25, 0.3) is 5.91 Å². The summed E-state index contributed by atoms with van der Waals surface area (Å²) in [4.78, 5) is 17.7. The molecule has 0 spiro atoms. The third-order valence-electron chi connectivity index (χ3n) is 6.60. The number of aromatic nitrogens is 6. The molecular formula is C27H26ClN7O3. The van der Waals surface area contributed by atoms with Gasteiger partial charge in [-0.05, 0) is 57.4 Å². The van der Waals surface area contributed by atoms with Crippen LogP contribution in [0.2, 0.25) is 5.02 Å². The fourth-order valence-electron chi connectivity index (χ4n) is 4.42. The van der Waals surface area contributed by atoms with Crippen molar-refractivity contribution < 1.29 is 14.4 Å². The van der Waals surface area contributed by atoms with E-state index in [0.29, 0.717) is 45.7 Å². The van der Waals surface area contributed by atoms with E-state index in [9.17, 15) is 9.90 Å². The smallest absolute Gasteiger partial charge is 0.259 e. The predicted molar refractivity (Wildman–Crippen MR) is 142 cm³/mol. The van der Waals surface area contributed by atoms with E-state index in [4.69, 9.17) is 16.1 Å². The molecule has 1 saturated carbocycles. The zero-order chi connectivity index (χ0) is 26.6. The van der Waals surface area contributed by atoms with E-state index in [1.165, 1.54) is 12.4 Å². The molecule has 5 heterocycles. The number of hydrogen-bond acceptors (Lipinski definition) is 7. The van der Waals surface area contributed by atoms with Crippen LogP contribution in [0.5, 0.6) is 0 Å². The standard InChI is InChI=1S/C27H26ClN7O3/c1-15-18(11-31-35(15)14-27(2,3)37)17-6-7-34-24(8-17)19(12-30-34)26(36)32-22-9-23(29-13-20(22)28)25-10-21(33-38-25)16-4-5-16/h6-13,16,37H,4-5,14H2,1-3H3,(H,29,32,36). The molecular weight excluding hydrogens is 506 g/mol. The van der Waals surface area contributed by atoms with Gasteiger partial charge in [0.2, 0.25) is 0 Å². The molecule has 1 amide bonds. The largest absolute Gasteiger partial charge is 0.389 e. The monoisotopic (exact) mass is 531 g/mol. The van der Waals surface area contributed by atoms with Gasteiger partial charge >= 0.3 is 0 Å². The highest BCUT2D eigenvalue weighted by Gasteiger charge is 2.27. The van der Waals surface area contributed by atoms with Crippen LogP contribution < -0.4 is 5.32 Å². The normalized spacial score (nSPS) is 13.8. The van der Waals surface area contributed by atoms with Crippen molar-refractivity contribution in [1.82, 2.24) is 29.5 Å². The van der Waals surface area contributed by atoms with Crippen LogP contribution in [0.25, 0.3) is 28.1 Å². The second kappa shape index (κ2) is 9.07. The maximum Gasteiger partial charge on any atom is 0.259 e. The minimum atomic E-state index is -0.893. The zero-order valence-corrected chi connectivity index (χ0v) is 21.9. The quantitative estimate of drug-likeness (QED) is 0.299. The van der Waals surface area contributed by atoms with E-state index in [1.54, 1.807) is 41.5 Å². The molecule has 11 heteroatoms. The highest BCUT2D eigenvalue weighted by molar-refractivity contribution is 6.34. The van der Waals surface area contributed by atoms with Gasteiger partial charge in [-0.3, -0.25) is 14.5 Å². The molecule has 1 aliphatic carbocycles. The van der Waals surface area contributed by atoms with Crippen LogP contribution in [-0.2, 0) is 6.54 Å². The molecule has 5 aromatic rings. The van der Waals surface area contributed by atoms with E-state index in [-0.39, 0.29) is 5.91 Å². The van der Waals surface area contributed by atoms with Gasteiger partial charge in [0.15, 0.2) is 5.76 Å². The number of carbonyl (C=O) groups excluding carboxylic acids is 1. The fourth-order valence-corrected chi connectivity index (χ4v) is 4.57. The highest BCUT2D eigenvalue weighted by Crippen LogP contribution is 2.40. The van der Waals surface area contributed by atoms with Crippen molar-refractivity contribution in [2.45, 2.75) is 51.7 Å². The van der Waals surface area contributed by atoms with Crippen molar-refractivity contribution in [2.24, 2.45) is 0 Å². The van der Waals surface area contributed by atoms with Crippen molar-refractivity contribution in [2.75, 3.05) is 5.32 Å². The Hall–Kier alpha value is -4.02. The molecule has 2 N–H and O–H groups in total. The lowest BCUT2D eigenvalue weighted by atomic mass is 10.1. The van der Waals surface area contributed by atoms with Gasteiger partial charge in [0.1, 0.15) is 5.69 Å². The Kier molecular flexibility index (Phi) is 5.81. The topological polar surface area (TPSA) is 123 Å². The first-order valence-corrected chi connectivity index (χ1v) is 12.7. The molecule has 10 nitrogen and oxygen atoms in total. The molecule has 1 aliphatic rings. The van der Waals surface area contributed by atoms with Gasteiger partial charge in [0, 0.05) is 35.6 Å². The number of hydrogen-bond donors (Lipinski definition) is 2. The third kappa shape index (κ3) is 4.68. The van der Waals surface area contributed by atoms with Gasteiger partial charge in [-0.25, -0.2) is 4.52 Å². The summed E-state index contributed by atoms with van der Waals surface area (Å²) in [7, 11) is 0. The number of carbonyl (C=O) groups is 1. The second-order valence-electron chi connectivity index (χ2n) is 10.3. The zero-order valence-electron chi connectivity index (χ0n) is 21.1. The number of fused-ring (bicyclic) bond motifs is 1. The van der Waals surface area contributed by atoms with E-state index >= 15 is 0 Å². The molecule has 1 fully saturated rings. The lowest BCUT2D eigenvalue weighted by Gasteiger charge is -2.18. The summed E-state index contributed by atoms with van der Waals surface area (Å²) < 4.78 is 8.89. The summed E-state index contributed by atoms with van der Waals surface area (Å²) in [6, 6.07) is 7.38. The van der Waals surface area contributed by atoms with E-state index in [0.717, 1.165) is 35.4 Å². The number of nitrogens with one attached hydrogen (secondary N) is 1. The molecule has 38 heavy (non-hydrogen) atoms. The average molecular weight is 532 g/mol. The van der Waals surface area contributed by atoms with Crippen LogP contribution >= 0.6 is 11.6 Å². The van der Waals surface area contributed by atoms with Crippen molar-refractivity contribution in [3.63, 3.8) is 0 Å². The Morgan fingerprint density at radius 1 is 1.21 bits per heavy atom.